The van der Waals surface area contributed by atoms with Gasteiger partial charge in [0.15, 0.2) is 17.3 Å². The lowest BCUT2D eigenvalue weighted by Gasteiger charge is -2.16. The number of halogens is 1. The lowest BCUT2D eigenvalue weighted by Crippen LogP contribution is -2.18. The fraction of sp³-hybridized carbons (Fsp3) is 0.467. The van der Waals surface area contributed by atoms with Crippen LogP contribution in [0.15, 0.2) is 16.6 Å². The van der Waals surface area contributed by atoms with Crippen molar-refractivity contribution >= 4 is 28.1 Å². The highest BCUT2D eigenvalue weighted by atomic mass is 79.9. The molecule has 126 valence electrons. The molecule has 23 heavy (non-hydrogen) atoms. The lowest BCUT2D eigenvalue weighted by atomic mass is 10.2. The number of nitrogens with one attached hydrogen (secondary N) is 2. The normalized spacial score (nSPS) is 10.6. The summed E-state index contributed by atoms with van der Waals surface area (Å²) in [6.07, 6.45) is 1.84. The fourth-order valence-corrected chi connectivity index (χ4v) is 2.96. The van der Waals surface area contributed by atoms with Gasteiger partial charge in [-0.15, -0.1) is 0 Å². The smallest absolute Gasteiger partial charge is 0.214 e. The van der Waals surface area contributed by atoms with E-state index in [1.54, 1.807) is 7.11 Å². The van der Waals surface area contributed by atoms with E-state index in [-0.39, 0.29) is 0 Å². The summed E-state index contributed by atoms with van der Waals surface area (Å²) in [5, 5.41) is 7.07. The first-order valence-electron chi connectivity index (χ1n) is 7.50. The van der Waals surface area contributed by atoms with Crippen LogP contribution in [0.5, 0.6) is 11.5 Å². The Bertz CT molecular complexity index is 714. The van der Waals surface area contributed by atoms with Gasteiger partial charge in [-0.25, -0.2) is 4.68 Å². The van der Waals surface area contributed by atoms with E-state index in [9.17, 15) is 0 Å². The quantitative estimate of drug-likeness (QED) is 0.659. The van der Waals surface area contributed by atoms with Crippen LogP contribution in [0.3, 0.4) is 0 Å². The van der Waals surface area contributed by atoms with Crippen molar-refractivity contribution in [3.63, 3.8) is 0 Å². The molecule has 0 radical (unpaired) electrons. The van der Waals surface area contributed by atoms with Gasteiger partial charge in [-0.05, 0) is 37.7 Å². The summed E-state index contributed by atoms with van der Waals surface area (Å²) in [5.41, 5.74) is 4.28. The van der Waals surface area contributed by atoms with Crippen LogP contribution in [0.1, 0.15) is 31.7 Å². The van der Waals surface area contributed by atoms with Crippen molar-refractivity contribution in [2.24, 2.45) is 0 Å². The number of H-pyrrole nitrogens is 1. The summed E-state index contributed by atoms with van der Waals surface area (Å²) >= 11 is 8.78. The van der Waals surface area contributed by atoms with E-state index < -0.39 is 0 Å². The minimum Gasteiger partial charge on any atom is -0.493 e. The van der Waals surface area contributed by atoms with Gasteiger partial charge in [0.2, 0.25) is 4.77 Å². The average molecular weight is 401 g/mol. The summed E-state index contributed by atoms with van der Waals surface area (Å²) in [5.74, 6) is 2.32. The van der Waals surface area contributed by atoms with Crippen molar-refractivity contribution in [2.75, 3.05) is 19.1 Å². The van der Waals surface area contributed by atoms with Gasteiger partial charge < -0.3 is 14.9 Å². The number of hydrogen-bond acceptors (Lipinski definition) is 5. The van der Waals surface area contributed by atoms with Gasteiger partial charge in [0.1, 0.15) is 0 Å². The Morgan fingerprint density at radius 1 is 1.39 bits per heavy atom. The van der Waals surface area contributed by atoms with Gasteiger partial charge in [-0.1, -0.05) is 22.9 Å². The molecule has 0 aliphatic carbocycles. The van der Waals surface area contributed by atoms with E-state index in [2.05, 4.69) is 38.5 Å². The van der Waals surface area contributed by atoms with Crippen LogP contribution in [-0.2, 0) is 13.0 Å². The van der Waals surface area contributed by atoms with Crippen molar-refractivity contribution in [1.82, 2.24) is 14.9 Å². The Morgan fingerprint density at radius 3 is 2.83 bits per heavy atom. The summed E-state index contributed by atoms with van der Waals surface area (Å²) in [4.78, 5) is 0. The number of methoxy groups -OCH3 is 1. The number of aryl methyl sites for hydroxylation is 1. The van der Waals surface area contributed by atoms with Crippen molar-refractivity contribution < 1.29 is 9.47 Å². The number of nitrogens with zero attached hydrogens (tertiary/aromatic N) is 2. The van der Waals surface area contributed by atoms with Gasteiger partial charge in [-0.3, -0.25) is 5.10 Å². The minimum atomic E-state index is 0.537. The van der Waals surface area contributed by atoms with Gasteiger partial charge in [0, 0.05) is 16.5 Å². The maximum atomic E-state index is 5.75. The van der Waals surface area contributed by atoms with Crippen molar-refractivity contribution in [3.05, 3.63) is 32.8 Å². The van der Waals surface area contributed by atoms with E-state index in [1.165, 1.54) is 0 Å². The highest BCUT2D eigenvalue weighted by molar-refractivity contribution is 9.10. The molecule has 1 aromatic carbocycles. The minimum absolute atomic E-state index is 0.537. The van der Waals surface area contributed by atoms with Crippen molar-refractivity contribution in [2.45, 2.75) is 33.2 Å². The third-order valence-electron chi connectivity index (χ3n) is 3.25. The topological polar surface area (TPSA) is 64.1 Å². The van der Waals surface area contributed by atoms with Crippen LogP contribution in [0.25, 0.3) is 0 Å². The molecule has 0 atom stereocenters. The molecule has 2 rings (SSSR count). The first-order chi connectivity index (χ1) is 11.1. The van der Waals surface area contributed by atoms with Crippen LogP contribution in [-0.4, -0.2) is 28.6 Å². The Hall–Kier alpha value is -1.54. The maximum Gasteiger partial charge on any atom is 0.214 e. The second-order valence-electron chi connectivity index (χ2n) is 4.89. The number of aromatic nitrogens is 3. The average Bonchev–Trinajstić information content (AvgIpc) is 2.88. The van der Waals surface area contributed by atoms with Crippen LogP contribution < -0.4 is 14.9 Å². The second-order valence-corrected chi connectivity index (χ2v) is 6.20. The molecule has 0 bridgehead atoms. The molecule has 0 aliphatic rings. The summed E-state index contributed by atoms with van der Waals surface area (Å²) in [6, 6.07) is 3.89. The number of aromatic amines is 1. The molecule has 0 unspecified atom stereocenters. The van der Waals surface area contributed by atoms with Gasteiger partial charge >= 0.3 is 0 Å². The zero-order valence-electron chi connectivity index (χ0n) is 13.5. The molecule has 1 heterocycles. The molecule has 0 fully saturated rings. The number of hydrogen-bond donors (Lipinski definition) is 2. The van der Waals surface area contributed by atoms with E-state index in [4.69, 9.17) is 21.7 Å². The Balaban J connectivity index is 2.28. The monoisotopic (exact) mass is 400 g/mol. The predicted octanol–water partition coefficient (Wildman–Crippen LogP) is 3.81. The molecule has 0 saturated heterocycles. The summed E-state index contributed by atoms with van der Waals surface area (Å²) < 4.78 is 14.4. The van der Waals surface area contributed by atoms with E-state index in [1.807, 2.05) is 23.7 Å². The third-order valence-corrected chi connectivity index (χ3v) is 3.98. The molecule has 2 aromatic rings. The maximum absolute atomic E-state index is 5.75. The molecule has 2 N–H and O–H groups in total. The number of benzene rings is 1. The van der Waals surface area contributed by atoms with Crippen molar-refractivity contribution in [1.29, 1.82) is 0 Å². The Kier molecular flexibility index (Phi) is 6.47. The highest BCUT2D eigenvalue weighted by Crippen LogP contribution is 2.35. The molecule has 1 aromatic heterocycles. The molecule has 8 heteroatoms. The molecular formula is C15H21BrN4O2S. The van der Waals surface area contributed by atoms with Crippen LogP contribution in [0.2, 0.25) is 0 Å². The van der Waals surface area contributed by atoms with Crippen molar-refractivity contribution in [3.8, 4) is 11.5 Å². The second kappa shape index (κ2) is 8.35. The van der Waals surface area contributed by atoms with Crippen LogP contribution in [0.4, 0.5) is 0 Å². The molecule has 0 spiro atoms. The largest absolute Gasteiger partial charge is 0.493 e. The predicted molar refractivity (Wildman–Crippen MR) is 96.3 cm³/mol. The zero-order chi connectivity index (χ0) is 16.8. The molecular weight excluding hydrogens is 380 g/mol. The highest BCUT2D eigenvalue weighted by Gasteiger charge is 2.13. The molecule has 0 amide bonds. The van der Waals surface area contributed by atoms with Gasteiger partial charge in [0.25, 0.3) is 0 Å². The van der Waals surface area contributed by atoms with Crippen LogP contribution in [0, 0.1) is 4.77 Å². The van der Waals surface area contributed by atoms with Gasteiger partial charge in [0.05, 0.1) is 20.3 Å². The van der Waals surface area contributed by atoms with E-state index in [0.717, 1.165) is 34.5 Å². The molecule has 6 nitrogen and oxygen atoms in total. The number of ether oxygens (including phenoxy) is 2. The fourth-order valence-electron chi connectivity index (χ4n) is 2.26. The standard InChI is InChI=1S/C15H21BrN4O2S/c1-4-6-13-18-19-15(23)20(13)17-9-10-7-11(16)8-12(21-3)14(10)22-5-2/h7-8,17H,4-6,9H2,1-3H3,(H,19,23). The summed E-state index contributed by atoms with van der Waals surface area (Å²) in [6.45, 7) is 5.16. The molecule has 0 saturated carbocycles. The van der Waals surface area contributed by atoms with E-state index in [0.29, 0.717) is 23.7 Å². The van der Waals surface area contributed by atoms with E-state index >= 15 is 0 Å². The van der Waals surface area contributed by atoms with Gasteiger partial charge in [-0.2, -0.15) is 5.10 Å². The lowest BCUT2D eigenvalue weighted by molar-refractivity contribution is 0.307. The Labute approximate surface area is 149 Å². The first kappa shape index (κ1) is 17.8. The molecule has 0 aliphatic heterocycles. The third kappa shape index (κ3) is 4.26. The zero-order valence-corrected chi connectivity index (χ0v) is 15.9. The Morgan fingerprint density at radius 2 is 2.17 bits per heavy atom. The summed E-state index contributed by atoms with van der Waals surface area (Å²) in [7, 11) is 1.63. The first-order valence-corrected chi connectivity index (χ1v) is 8.70. The van der Waals surface area contributed by atoms with Crippen LogP contribution >= 0.6 is 28.1 Å². The SMILES string of the molecule is CCCc1n[nH]c(=S)n1NCc1cc(Br)cc(OC)c1OCC. The number of rotatable bonds is 8.